The maximum Gasteiger partial charge on any atom is 0.0618 e. The Morgan fingerprint density at radius 2 is 0.656 bits per heavy atom. The van der Waals surface area contributed by atoms with Crippen molar-refractivity contribution in [3.05, 3.63) is 142 Å². The number of rotatable bonds is 2. The summed E-state index contributed by atoms with van der Waals surface area (Å²) in [6.45, 7) is 0. The Balaban J connectivity index is 1.60. The lowest BCUT2D eigenvalue weighted by molar-refractivity contribution is 0.228. The van der Waals surface area contributed by atoms with E-state index in [-0.39, 0.29) is 12.1 Å². The Morgan fingerprint density at radius 3 is 0.938 bits per heavy atom. The monoisotopic (exact) mass is 412 g/mol. The highest BCUT2D eigenvalue weighted by molar-refractivity contribution is 5.78. The topological polar surface area (TPSA) is 3.24 Å². The molecule has 2 aliphatic carbocycles. The third-order valence-electron chi connectivity index (χ3n) is 6.86. The Hall–Kier alpha value is -3.68. The molecular formula is C31H25N. The van der Waals surface area contributed by atoms with Crippen LogP contribution in [0.3, 0.4) is 0 Å². The molecule has 2 aliphatic rings. The van der Waals surface area contributed by atoms with E-state index in [1.165, 1.54) is 44.5 Å². The van der Waals surface area contributed by atoms with E-state index in [0.29, 0.717) is 0 Å². The molecule has 0 bridgehead atoms. The maximum absolute atomic E-state index is 2.56. The SMILES string of the molecule is [13CH3]N(C1c2ccccc2C=Cc2ccccc21)C1c2ccccc2C=Cc2ccccc21. The van der Waals surface area contributed by atoms with E-state index >= 15 is 0 Å². The number of hydrogen-bond donors (Lipinski definition) is 0. The highest BCUT2D eigenvalue weighted by Crippen LogP contribution is 2.44. The zero-order valence-corrected chi connectivity index (χ0v) is 18.1. The Morgan fingerprint density at radius 1 is 0.406 bits per heavy atom. The molecule has 154 valence electrons. The van der Waals surface area contributed by atoms with Crippen LogP contribution < -0.4 is 0 Å². The molecule has 0 radical (unpaired) electrons. The third-order valence-corrected chi connectivity index (χ3v) is 6.86. The summed E-state index contributed by atoms with van der Waals surface area (Å²) in [5.74, 6) is 0. The van der Waals surface area contributed by atoms with E-state index in [4.69, 9.17) is 0 Å². The van der Waals surface area contributed by atoms with Gasteiger partial charge >= 0.3 is 0 Å². The van der Waals surface area contributed by atoms with Crippen LogP contribution in [0, 0.1) is 0 Å². The highest BCUT2D eigenvalue weighted by Gasteiger charge is 2.33. The van der Waals surface area contributed by atoms with Gasteiger partial charge in [-0.1, -0.05) is 121 Å². The fraction of sp³-hybridized carbons (Fsp3) is 0.0968. The molecule has 1 heteroatoms. The first-order valence-corrected chi connectivity index (χ1v) is 11.2. The van der Waals surface area contributed by atoms with Gasteiger partial charge in [-0.3, -0.25) is 4.90 Å². The molecule has 0 heterocycles. The van der Waals surface area contributed by atoms with Crippen molar-refractivity contribution in [3.8, 4) is 0 Å². The molecule has 0 N–H and O–H groups in total. The fourth-order valence-corrected chi connectivity index (χ4v) is 5.37. The summed E-state index contributed by atoms with van der Waals surface area (Å²) in [6, 6.07) is 35.6. The first kappa shape index (κ1) is 19.0. The lowest BCUT2D eigenvalue weighted by Crippen LogP contribution is -2.32. The Labute approximate surface area is 190 Å². The average Bonchev–Trinajstić information content (AvgIpc) is 3.12. The molecular weight excluding hydrogens is 387 g/mol. The summed E-state index contributed by atoms with van der Waals surface area (Å²) in [5, 5.41) is 0. The van der Waals surface area contributed by atoms with Gasteiger partial charge in [0.05, 0.1) is 12.1 Å². The highest BCUT2D eigenvalue weighted by atomic mass is 15.3. The van der Waals surface area contributed by atoms with Gasteiger partial charge in [0.2, 0.25) is 0 Å². The number of fused-ring (bicyclic) bond motifs is 4. The molecule has 0 fully saturated rings. The molecule has 0 saturated carbocycles. The van der Waals surface area contributed by atoms with Gasteiger partial charge in [-0.25, -0.2) is 0 Å². The van der Waals surface area contributed by atoms with Gasteiger partial charge in [0.25, 0.3) is 0 Å². The number of benzene rings is 4. The summed E-state index contributed by atoms with van der Waals surface area (Å²) < 4.78 is 0. The van der Waals surface area contributed by atoms with Crippen LogP contribution in [0.1, 0.15) is 56.6 Å². The van der Waals surface area contributed by atoms with Crippen LogP contribution in [0.2, 0.25) is 0 Å². The van der Waals surface area contributed by atoms with Crippen molar-refractivity contribution in [3.63, 3.8) is 0 Å². The van der Waals surface area contributed by atoms with Crippen molar-refractivity contribution in [1.29, 1.82) is 0 Å². The second-order valence-corrected chi connectivity index (χ2v) is 8.65. The van der Waals surface area contributed by atoms with Crippen molar-refractivity contribution in [2.45, 2.75) is 12.1 Å². The summed E-state index contributed by atoms with van der Waals surface area (Å²) >= 11 is 0. The molecule has 0 saturated heterocycles. The first-order valence-electron chi connectivity index (χ1n) is 11.2. The molecule has 32 heavy (non-hydrogen) atoms. The lowest BCUT2D eigenvalue weighted by atomic mass is 9.88. The van der Waals surface area contributed by atoms with Gasteiger partial charge in [0.15, 0.2) is 0 Å². The van der Waals surface area contributed by atoms with Gasteiger partial charge in [-0.2, -0.15) is 0 Å². The van der Waals surface area contributed by atoms with Gasteiger partial charge in [-0.15, -0.1) is 0 Å². The van der Waals surface area contributed by atoms with Crippen LogP contribution in [0.25, 0.3) is 24.3 Å². The molecule has 0 spiro atoms. The van der Waals surface area contributed by atoms with Crippen LogP contribution >= 0.6 is 0 Å². The minimum absolute atomic E-state index is 0.140. The summed E-state index contributed by atoms with van der Waals surface area (Å²) in [7, 11) is 2.28. The van der Waals surface area contributed by atoms with E-state index in [9.17, 15) is 0 Å². The van der Waals surface area contributed by atoms with Gasteiger partial charge in [0.1, 0.15) is 0 Å². The van der Waals surface area contributed by atoms with E-state index in [1.807, 2.05) is 0 Å². The van der Waals surface area contributed by atoms with Gasteiger partial charge in [0, 0.05) is 0 Å². The standard InChI is InChI=1S/C31H25N/c1-32(30-26-14-6-2-10-22(26)18-19-23-11-3-7-15-27(23)30)31-28-16-8-4-12-24(28)20-21-25-13-5-9-17-29(25)31/h2-21,30-31H,1H3/i1+1. The lowest BCUT2D eigenvalue weighted by Gasteiger charge is -2.38. The summed E-state index contributed by atoms with van der Waals surface area (Å²) in [4.78, 5) is 2.56. The second kappa shape index (κ2) is 7.78. The van der Waals surface area contributed by atoms with E-state index in [2.05, 4.69) is 133 Å². The van der Waals surface area contributed by atoms with Crippen LogP contribution in [0.4, 0.5) is 0 Å². The van der Waals surface area contributed by atoms with Crippen molar-refractivity contribution in [2.75, 3.05) is 7.05 Å². The fourth-order valence-electron chi connectivity index (χ4n) is 5.37. The second-order valence-electron chi connectivity index (χ2n) is 8.65. The van der Waals surface area contributed by atoms with Crippen LogP contribution in [-0.2, 0) is 0 Å². The molecule has 0 aliphatic heterocycles. The van der Waals surface area contributed by atoms with E-state index in [1.54, 1.807) is 0 Å². The van der Waals surface area contributed by atoms with Crippen molar-refractivity contribution < 1.29 is 0 Å². The smallest absolute Gasteiger partial charge is 0.0618 e. The van der Waals surface area contributed by atoms with E-state index in [0.717, 1.165) is 0 Å². The largest absolute Gasteiger partial charge is 0.284 e. The molecule has 4 aromatic carbocycles. The van der Waals surface area contributed by atoms with Crippen LogP contribution in [0.15, 0.2) is 97.1 Å². The molecule has 0 unspecified atom stereocenters. The molecule has 0 atom stereocenters. The Kier molecular flexibility index (Phi) is 4.63. The predicted molar refractivity (Wildman–Crippen MR) is 135 cm³/mol. The molecule has 0 aromatic heterocycles. The van der Waals surface area contributed by atoms with E-state index < -0.39 is 0 Å². The van der Waals surface area contributed by atoms with Crippen molar-refractivity contribution in [2.24, 2.45) is 0 Å². The predicted octanol–water partition coefficient (Wildman–Crippen LogP) is 7.47. The van der Waals surface area contributed by atoms with Gasteiger partial charge < -0.3 is 0 Å². The maximum atomic E-state index is 2.56. The van der Waals surface area contributed by atoms with Crippen LogP contribution in [-0.4, -0.2) is 11.9 Å². The van der Waals surface area contributed by atoms with Crippen LogP contribution in [0.5, 0.6) is 0 Å². The number of hydrogen-bond acceptors (Lipinski definition) is 1. The first-order chi connectivity index (χ1) is 15.8. The third kappa shape index (κ3) is 3.05. The zero-order chi connectivity index (χ0) is 21.5. The quantitative estimate of drug-likeness (QED) is 0.309. The molecule has 0 amide bonds. The minimum atomic E-state index is 0.140. The average molecular weight is 413 g/mol. The normalized spacial score (nSPS) is 14.8. The van der Waals surface area contributed by atoms with Gasteiger partial charge in [-0.05, 0) is 51.6 Å². The summed E-state index contributed by atoms with van der Waals surface area (Å²) in [6.07, 6.45) is 9.05. The van der Waals surface area contributed by atoms with Crippen molar-refractivity contribution in [1.82, 2.24) is 4.90 Å². The summed E-state index contributed by atoms with van der Waals surface area (Å²) in [5.41, 5.74) is 10.5. The van der Waals surface area contributed by atoms with Crippen molar-refractivity contribution >= 4 is 24.3 Å². The molecule has 1 nitrogen and oxygen atoms in total. The molecule has 4 aromatic rings. The molecule has 6 rings (SSSR count). The minimum Gasteiger partial charge on any atom is -0.284 e. The number of nitrogens with zero attached hydrogens (tertiary/aromatic N) is 1. The Bertz CT molecular complexity index is 1160. The zero-order valence-electron chi connectivity index (χ0n) is 18.1.